The largest absolute Gasteiger partial charge is 0.482 e. The Morgan fingerprint density at radius 3 is 2.40 bits per heavy atom. The number of carbonyl (C=O) groups excluding carboxylic acids is 1. The highest BCUT2D eigenvalue weighted by Crippen LogP contribution is 2.26. The van der Waals surface area contributed by atoms with Crippen molar-refractivity contribution in [3.63, 3.8) is 0 Å². The Labute approximate surface area is 86.8 Å². The third kappa shape index (κ3) is 3.39. The van der Waals surface area contributed by atoms with E-state index in [9.17, 15) is 22.4 Å². The summed E-state index contributed by atoms with van der Waals surface area (Å²) in [5.74, 6) is 0. The van der Waals surface area contributed by atoms with Gasteiger partial charge in [0.2, 0.25) is 0 Å². The molecule has 1 aromatic carbocycles. The van der Waals surface area contributed by atoms with Gasteiger partial charge >= 0.3 is 12.3 Å². The number of hydrogen-bond donors (Lipinski definition) is 1. The number of rotatable bonds is 2. The van der Waals surface area contributed by atoms with Crippen LogP contribution in [0, 0.1) is 0 Å². The zero-order valence-electron chi connectivity index (χ0n) is 7.03. The average Bonchev–Trinajstić information content (AvgIpc) is 1.99. The predicted molar refractivity (Wildman–Crippen MR) is 46.6 cm³/mol. The molecule has 0 heterocycles. The van der Waals surface area contributed by atoms with Gasteiger partial charge < -0.3 is 0 Å². The van der Waals surface area contributed by atoms with E-state index >= 15 is 0 Å². The Kier molecular flexibility index (Phi) is 3.18. The van der Waals surface area contributed by atoms with Crippen LogP contribution in [0.25, 0.3) is 0 Å². The molecule has 0 aromatic heterocycles. The summed E-state index contributed by atoms with van der Waals surface area (Å²) < 4.78 is 48.1. The van der Waals surface area contributed by atoms with E-state index in [2.05, 4.69) is 0 Å². The Morgan fingerprint density at radius 2 is 1.93 bits per heavy atom. The van der Waals surface area contributed by atoms with E-state index in [1.54, 1.807) is 0 Å². The molecule has 0 aliphatic rings. The number of nitrogens with one attached hydrogen (secondary N) is 1. The lowest BCUT2D eigenvalue weighted by molar-refractivity contribution is -0.0999. The number of hydrogen-bond acceptors (Lipinski definition) is 2. The lowest BCUT2D eigenvalue weighted by atomic mass is 10.2. The summed E-state index contributed by atoms with van der Waals surface area (Å²) in [7, 11) is 0. The van der Waals surface area contributed by atoms with Crippen LogP contribution < -0.4 is 5.32 Å². The van der Waals surface area contributed by atoms with Crippen LogP contribution in [0.4, 0.5) is 23.2 Å². The Bertz CT molecular complexity index is 391. The first kappa shape index (κ1) is 11.8. The molecule has 2 nitrogen and oxygen atoms in total. The molecule has 0 saturated carbocycles. The molecule has 0 aliphatic heterocycles. The first-order valence-electron chi connectivity index (χ1n) is 3.64. The van der Waals surface area contributed by atoms with Crippen molar-refractivity contribution >= 4 is 23.3 Å². The number of halogens is 5. The van der Waals surface area contributed by atoms with Gasteiger partial charge in [-0.3, -0.25) is 10.1 Å². The smallest absolute Gasteiger partial charge is 0.297 e. The van der Waals surface area contributed by atoms with Gasteiger partial charge in [0.15, 0.2) is 0 Å². The lowest BCUT2D eigenvalue weighted by Crippen LogP contribution is -2.22. The van der Waals surface area contributed by atoms with E-state index in [-0.39, 0.29) is 5.02 Å². The molecule has 0 atom stereocenters. The molecule has 0 radical (unpaired) electrons. The molecule has 7 heteroatoms. The van der Waals surface area contributed by atoms with Crippen molar-refractivity contribution in [1.82, 2.24) is 0 Å². The second-order valence-corrected chi connectivity index (χ2v) is 3.02. The van der Waals surface area contributed by atoms with Crippen LogP contribution in [-0.4, -0.2) is 12.3 Å². The fraction of sp³-hybridized carbons (Fsp3) is 0.125. The number of alkyl halides is 3. The summed E-state index contributed by atoms with van der Waals surface area (Å²) in [6.45, 7) is 0. The standard InChI is InChI=1S/C8H4ClF4NO/c9-4-1-2-5(7(10)15)6(3-4)14-8(11,12)13/h1-3,14H. The minimum Gasteiger partial charge on any atom is -0.297 e. The van der Waals surface area contributed by atoms with Gasteiger partial charge in [0.25, 0.3) is 0 Å². The van der Waals surface area contributed by atoms with Crippen molar-refractivity contribution in [2.75, 3.05) is 5.32 Å². The van der Waals surface area contributed by atoms with Crippen LogP contribution in [-0.2, 0) is 0 Å². The van der Waals surface area contributed by atoms with Crippen LogP contribution in [0.1, 0.15) is 10.4 Å². The minimum absolute atomic E-state index is 0.0354. The lowest BCUT2D eigenvalue weighted by Gasteiger charge is -2.12. The van der Waals surface area contributed by atoms with E-state index in [4.69, 9.17) is 11.6 Å². The molecule has 0 aliphatic carbocycles. The maximum atomic E-state index is 12.3. The third-order valence-corrected chi connectivity index (χ3v) is 1.70. The summed E-state index contributed by atoms with van der Waals surface area (Å²) >= 11 is 5.41. The van der Waals surface area contributed by atoms with Crippen molar-refractivity contribution in [2.45, 2.75) is 6.30 Å². The molecule has 0 fully saturated rings. The fourth-order valence-electron chi connectivity index (χ4n) is 0.944. The van der Waals surface area contributed by atoms with Crippen LogP contribution in [0.15, 0.2) is 18.2 Å². The second-order valence-electron chi connectivity index (χ2n) is 2.59. The molecule has 0 bridgehead atoms. The normalized spacial score (nSPS) is 11.3. The maximum Gasteiger partial charge on any atom is 0.482 e. The van der Waals surface area contributed by atoms with Gasteiger partial charge in [-0.15, -0.1) is 0 Å². The van der Waals surface area contributed by atoms with Crippen molar-refractivity contribution in [3.8, 4) is 0 Å². The molecular weight excluding hydrogens is 238 g/mol. The van der Waals surface area contributed by atoms with E-state index in [0.717, 1.165) is 23.5 Å². The summed E-state index contributed by atoms with van der Waals surface area (Å²) in [6, 6.07) is 0.856. The Hall–Kier alpha value is -1.30. The van der Waals surface area contributed by atoms with Crippen LogP contribution in [0.3, 0.4) is 0 Å². The zero-order valence-corrected chi connectivity index (χ0v) is 7.79. The Balaban J connectivity index is 3.13. The summed E-state index contributed by atoms with van der Waals surface area (Å²) in [5, 5.41) is 0.991. The van der Waals surface area contributed by atoms with Crippen LogP contribution >= 0.6 is 11.6 Å². The topological polar surface area (TPSA) is 29.1 Å². The van der Waals surface area contributed by atoms with E-state index < -0.39 is 23.6 Å². The second kappa shape index (κ2) is 4.06. The molecule has 1 rings (SSSR count). The van der Waals surface area contributed by atoms with Crippen molar-refractivity contribution in [2.24, 2.45) is 0 Å². The minimum atomic E-state index is -4.76. The van der Waals surface area contributed by atoms with E-state index in [1.807, 2.05) is 0 Å². The monoisotopic (exact) mass is 241 g/mol. The van der Waals surface area contributed by atoms with Gasteiger partial charge in [-0.05, 0) is 18.2 Å². The molecule has 1 N–H and O–H groups in total. The molecule has 1 aromatic rings. The summed E-state index contributed by atoms with van der Waals surface area (Å²) in [4.78, 5) is 10.3. The van der Waals surface area contributed by atoms with Crippen LogP contribution in [0.2, 0.25) is 5.02 Å². The van der Waals surface area contributed by atoms with Crippen LogP contribution in [0.5, 0.6) is 0 Å². The SMILES string of the molecule is O=C(F)c1ccc(Cl)cc1NC(F)(F)F. The summed E-state index contributed by atoms with van der Waals surface area (Å²) in [5.41, 5.74) is -1.42. The van der Waals surface area contributed by atoms with Gasteiger partial charge in [0.1, 0.15) is 0 Å². The van der Waals surface area contributed by atoms with Crippen molar-refractivity contribution < 1.29 is 22.4 Å². The van der Waals surface area contributed by atoms with Crippen molar-refractivity contribution in [3.05, 3.63) is 28.8 Å². The van der Waals surface area contributed by atoms with E-state index in [0.29, 0.717) is 0 Å². The molecular formula is C8H4ClF4NO. The molecule has 15 heavy (non-hydrogen) atoms. The first-order valence-corrected chi connectivity index (χ1v) is 4.02. The molecule has 0 amide bonds. The molecule has 0 unspecified atom stereocenters. The number of benzene rings is 1. The van der Waals surface area contributed by atoms with Crippen molar-refractivity contribution in [1.29, 1.82) is 0 Å². The molecule has 0 saturated heterocycles. The first-order chi connectivity index (χ1) is 6.79. The Morgan fingerprint density at radius 1 is 1.33 bits per heavy atom. The van der Waals surface area contributed by atoms with Gasteiger partial charge in [-0.25, -0.2) is 0 Å². The predicted octanol–water partition coefficient (Wildman–Crippen LogP) is 3.38. The average molecular weight is 242 g/mol. The van der Waals surface area contributed by atoms with Gasteiger partial charge in [0.05, 0.1) is 11.3 Å². The maximum absolute atomic E-state index is 12.3. The zero-order chi connectivity index (χ0) is 11.6. The number of anilines is 1. The third-order valence-electron chi connectivity index (χ3n) is 1.47. The van der Waals surface area contributed by atoms with Gasteiger partial charge in [0, 0.05) is 5.02 Å². The van der Waals surface area contributed by atoms with E-state index in [1.165, 1.54) is 0 Å². The quantitative estimate of drug-likeness (QED) is 0.489. The van der Waals surface area contributed by atoms with Gasteiger partial charge in [-0.1, -0.05) is 11.6 Å². The highest BCUT2D eigenvalue weighted by molar-refractivity contribution is 6.31. The highest BCUT2D eigenvalue weighted by atomic mass is 35.5. The fourth-order valence-corrected chi connectivity index (χ4v) is 1.12. The van der Waals surface area contributed by atoms with Gasteiger partial charge in [-0.2, -0.15) is 17.6 Å². The summed E-state index contributed by atoms with van der Waals surface area (Å²) in [6.07, 6.45) is -4.76. The molecule has 82 valence electrons. The molecule has 0 spiro atoms. The highest BCUT2D eigenvalue weighted by Gasteiger charge is 2.29. The number of carbonyl (C=O) groups is 1.